The van der Waals surface area contributed by atoms with Crippen LogP contribution in [-0.2, 0) is 14.4 Å². The third-order valence-corrected chi connectivity index (χ3v) is 8.26. The van der Waals surface area contributed by atoms with Crippen molar-refractivity contribution in [2.75, 3.05) is 5.01 Å². The van der Waals surface area contributed by atoms with Gasteiger partial charge in [0, 0.05) is 11.8 Å². The molecule has 2 aliphatic heterocycles. The van der Waals surface area contributed by atoms with Crippen LogP contribution in [0.15, 0.2) is 35.5 Å². The molecule has 2 saturated carbocycles. The van der Waals surface area contributed by atoms with Gasteiger partial charge in [-0.3, -0.25) is 9.59 Å². The van der Waals surface area contributed by atoms with Gasteiger partial charge in [-0.15, -0.1) is 0 Å². The van der Waals surface area contributed by atoms with Crippen LogP contribution in [0.25, 0.3) is 0 Å². The van der Waals surface area contributed by atoms with Gasteiger partial charge in [-0.05, 0) is 42.7 Å². The van der Waals surface area contributed by atoms with E-state index in [4.69, 9.17) is 4.84 Å². The quantitative estimate of drug-likeness (QED) is 0.737. The standard InChI is InChI=1S/C24H31N3O3/c1-22(2,3)18-14-17(30-25-18)20(28)27-19-13-15-11-12-24(19,23(15,4)5)21(29)26(27)16-9-7-6-8-10-16/h6-10,15,17,19H,11-14H2,1-5H3/t15-,17-,19-,24+/m1/s1. The van der Waals surface area contributed by atoms with Crippen molar-refractivity contribution in [2.45, 2.75) is 72.4 Å². The Hall–Kier alpha value is -2.37. The summed E-state index contributed by atoms with van der Waals surface area (Å²) >= 11 is 0. The summed E-state index contributed by atoms with van der Waals surface area (Å²) < 4.78 is 0. The Morgan fingerprint density at radius 3 is 2.50 bits per heavy atom. The molecule has 6 nitrogen and oxygen atoms in total. The highest BCUT2D eigenvalue weighted by molar-refractivity contribution is 6.06. The highest BCUT2D eigenvalue weighted by Crippen LogP contribution is 2.70. The first kappa shape index (κ1) is 19.6. The Morgan fingerprint density at radius 2 is 1.90 bits per heavy atom. The molecule has 4 atom stereocenters. The lowest BCUT2D eigenvalue weighted by atomic mass is 9.67. The van der Waals surface area contributed by atoms with E-state index >= 15 is 0 Å². The minimum absolute atomic E-state index is 0.0620. The van der Waals surface area contributed by atoms with E-state index in [1.165, 1.54) is 0 Å². The van der Waals surface area contributed by atoms with Crippen molar-refractivity contribution in [1.82, 2.24) is 5.01 Å². The molecular weight excluding hydrogens is 378 g/mol. The molecule has 0 aromatic heterocycles. The zero-order chi connectivity index (χ0) is 21.5. The van der Waals surface area contributed by atoms with E-state index in [1.54, 1.807) is 10.0 Å². The molecule has 3 fully saturated rings. The third-order valence-electron chi connectivity index (χ3n) is 8.26. The van der Waals surface area contributed by atoms with Gasteiger partial charge in [-0.1, -0.05) is 58.0 Å². The van der Waals surface area contributed by atoms with Crippen LogP contribution in [0.1, 0.15) is 60.3 Å². The summed E-state index contributed by atoms with van der Waals surface area (Å²) in [7, 11) is 0. The fourth-order valence-electron chi connectivity index (χ4n) is 6.35. The van der Waals surface area contributed by atoms with Crippen LogP contribution < -0.4 is 5.01 Å². The van der Waals surface area contributed by atoms with Gasteiger partial charge in [0.05, 0.1) is 22.9 Å². The first-order valence-electron chi connectivity index (χ1n) is 11.0. The smallest absolute Gasteiger partial charge is 0.286 e. The number of para-hydroxylation sites is 1. The number of rotatable bonds is 2. The Bertz CT molecular complexity index is 933. The predicted octanol–water partition coefficient (Wildman–Crippen LogP) is 4.16. The van der Waals surface area contributed by atoms with Crippen molar-refractivity contribution < 1.29 is 14.4 Å². The second kappa shape index (κ2) is 6.08. The molecule has 0 radical (unpaired) electrons. The Balaban J connectivity index is 1.54. The maximum absolute atomic E-state index is 14.0. The summed E-state index contributed by atoms with van der Waals surface area (Å²) in [6.07, 6.45) is 2.57. The number of carbonyl (C=O) groups is 2. The number of oxime groups is 1. The molecule has 0 N–H and O–H groups in total. The van der Waals surface area contributed by atoms with E-state index in [1.807, 2.05) is 30.3 Å². The maximum atomic E-state index is 14.0. The van der Waals surface area contributed by atoms with Crippen molar-refractivity contribution >= 4 is 23.2 Å². The highest BCUT2D eigenvalue weighted by Gasteiger charge is 2.75. The molecule has 5 rings (SSSR count). The van der Waals surface area contributed by atoms with Gasteiger partial charge in [-0.2, -0.15) is 0 Å². The second-order valence-corrected chi connectivity index (χ2v) is 10.9. The van der Waals surface area contributed by atoms with Crippen LogP contribution in [0.4, 0.5) is 5.69 Å². The van der Waals surface area contributed by atoms with Gasteiger partial charge < -0.3 is 4.84 Å². The largest absolute Gasteiger partial charge is 0.382 e. The Labute approximate surface area is 178 Å². The number of nitrogens with zero attached hydrogens (tertiary/aromatic N) is 3. The molecule has 2 amide bonds. The third kappa shape index (κ3) is 2.33. The van der Waals surface area contributed by atoms with E-state index in [-0.39, 0.29) is 28.7 Å². The number of hydrogen-bond acceptors (Lipinski definition) is 4. The van der Waals surface area contributed by atoms with Crippen molar-refractivity contribution in [2.24, 2.45) is 27.3 Å². The molecule has 1 spiro atoms. The van der Waals surface area contributed by atoms with E-state index in [2.05, 4.69) is 39.8 Å². The lowest BCUT2D eigenvalue weighted by Crippen LogP contribution is -2.51. The average Bonchev–Trinajstić information content (AvgIpc) is 3.41. The molecule has 2 bridgehead atoms. The van der Waals surface area contributed by atoms with Crippen LogP contribution in [0.2, 0.25) is 0 Å². The average molecular weight is 410 g/mol. The number of hydrogen-bond donors (Lipinski definition) is 0. The molecule has 4 aliphatic rings. The van der Waals surface area contributed by atoms with Crippen LogP contribution in [0, 0.1) is 22.2 Å². The highest BCUT2D eigenvalue weighted by atomic mass is 16.6. The summed E-state index contributed by atoms with van der Waals surface area (Å²) in [6.45, 7) is 10.7. The summed E-state index contributed by atoms with van der Waals surface area (Å²) in [5.41, 5.74) is 0.843. The number of anilines is 1. The predicted molar refractivity (Wildman–Crippen MR) is 114 cm³/mol. The van der Waals surface area contributed by atoms with Crippen LogP contribution in [0.5, 0.6) is 0 Å². The van der Waals surface area contributed by atoms with E-state index < -0.39 is 11.5 Å². The molecule has 1 saturated heterocycles. The molecule has 160 valence electrons. The van der Waals surface area contributed by atoms with Gasteiger partial charge in [0.15, 0.2) is 0 Å². The molecular formula is C24H31N3O3. The number of fused-ring (bicyclic) bond motifs is 1. The van der Waals surface area contributed by atoms with Crippen molar-refractivity contribution in [3.05, 3.63) is 30.3 Å². The lowest BCUT2D eigenvalue weighted by molar-refractivity contribution is -0.145. The van der Waals surface area contributed by atoms with E-state index in [9.17, 15) is 9.59 Å². The van der Waals surface area contributed by atoms with Crippen molar-refractivity contribution in [1.29, 1.82) is 0 Å². The van der Waals surface area contributed by atoms with E-state index in [0.29, 0.717) is 12.3 Å². The van der Waals surface area contributed by atoms with E-state index in [0.717, 1.165) is 30.7 Å². The lowest BCUT2D eigenvalue weighted by Gasteiger charge is -2.35. The monoisotopic (exact) mass is 409 g/mol. The minimum atomic E-state index is -0.671. The normalized spacial score (nSPS) is 34.2. The number of benzene rings is 1. The molecule has 30 heavy (non-hydrogen) atoms. The van der Waals surface area contributed by atoms with Crippen LogP contribution >= 0.6 is 0 Å². The zero-order valence-corrected chi connectivity index (χ0v) is 18.5. The van der Waals surface area contributed by atoms with Crippen LogP contribution in [0.3, 0.4) is 0 Å². The SMILES string of the molecule is CC(C)(C)C1=NO[C@@H](C(=O)N2[C@@H]3C[C@H]4CC[C@]3(C(=O)N2c2ccccc2)C4(C)C)C1. The first-order valence-corrected chi connectivity index (χ1v) is 11.0. The molecule has 1 aromatic rings. The van der Waals surface area contributed by atoms with Crippen molar-refractivity contribution in [3.8, 4) is 0 Å². The van der Waals surface area contributed by atoms with Crippen LogP contribution in [-0.4, -0.2) is 34.7 Å². The van der Waals surface area contributed by atoms with Gasteiger partial charge in [0.2, 0.25) is 6.10 Å². The second-order valence-electron chi connectivity index (χ2n) is 10.9. The minimum Gasteiger partial charge on any atom is -0.382 e. The first-order chi connectivity index (χ1) is 14.1. The van der Waals surface area contributed by atoms with Crippen molar-refractivity contribution in [3.63, 3.8) is 0 Å². The summed E-state index contributed by atoms with van der Waals surface area (Å²) in [5.74, 6) is 0.373. The number of amides is 2. The molecule has 2 heterocycles. The molecule has 1 aromatic carbocycles. The molecule has 6 heteroatoms. The fourth-order valence-corrected chi connectivity index (χ4v) is 6.35. The zero-order valence-electron chi connectivity index (χ0n) is 18.5. The Morgan fingerprint density at radius 1 is 1.20 bits per heavy atom. The summed E-state index contributed by atoms with van der Waals surface area (Å²) in [5, 5.41) is 7.61. The molecule has 2 aliphatic carbocycles. The van der Waals surface area contributed by atoms with Gasteiger partial charge in [0.25, 0.3) is 11.8 Å². The summed E-state index contributed by atoms with van der Waals surface area (Å²) in [6, 6.07) is 9.44. The number of hydrazine groups is 1. The number of carbonyl (C=O) groups excluding carboxylic acids is 2. The summed E-state index contributed by atoms with van der Waals surface area (Å²) in [4.78, 5) is 33.4. The molecule has 0 unspecified atom stereocenters. The fraction of sp³-hybridized carbons (Fsp3) is 0.625. The topological polar surface area (TPSA) is 62.2 Å². The maximum Gasteiger partial charge on any atom is 0.286 e. The Kier molecular flexibility index (Phi) is 3.97. The van der Waals surface area contributed by atoms with Gasteiger partial charge >= 0.3 is 0 Å². The van der Waals surface area contributed by atoms with Gasteiger partial charge in [0.1, 0.15) is 0 Å². The van der Waals surface area contributed by atoms with Gasteiger partial charge in [-0.25, -0.2) is 10.0 Å².